The van der Waals surface area contributed by atoms with Gasteiger partial charge in [-0.25, -0.2) is 4.79 Å². The fourth-order valence-corrected chi connectivity index (χ4v) is 6.94. The second-order valence-electron chi connectivity index (χ2n) is 14.8. The Morgan fingerprint density at radius 2 is 1.52 bits per heavy atom. The number of allylic oxidation sites excluding steroid dienone is 1. The number of carbonyl (C=O) groups excluding carboxylic acids is 2. The largest absolute Gasteiger partial charge is 0.457 e. The summed E-state index contributed by atoms with van der Waals surface area (Å²) in [6, 6.07) is 26.9. The van der Waals surface area contributed by atoms with Gasteiger partial charge in [0.05, 0.1) is 17.1 Å². The van der Waals surface area contributed by atoms with Gasteiger partial charge in [-0.3, -0.25) is 19.9 Å². The van der Waals surface area contributed by atoms with Crippen molar-refractivity contribution in [2.24, 2.45) is 10.9 Å². The molecule has 0 amide bonds. The molecule has 0 radical (unpaired) electrons. The van der Waals surface area contributed by atoms with Gasteiger partial charge in [0.25, 0.3) is 5.69 Å². The molecule has 2 unspecified atom stereocenters. The summed E-state index contributed by atoms with van der Waals surface area (Å²) in [5.41, 5.74) is 1.81. The summed E-state index contributed by atoms with van der Waals surface area (Å²) in [6.45, 7) is 14.5. The molecule has 0 N–H and O–H groups in total. The van der Waals surface area contributed by atoms with E-state index in [9.17, 15) is 19.7 Å². The Hall–Kier alpha value is -4.67. The molecule has 3 aromatic carbocycles. The number of carbonyl (C=O) groups is 2. The van der Waals surface area contributed by atoms with Gasteiger partial charge in [-0.1, -0.05) is 79.7 Å². The lowest BCUT2D eigenvalue weighted by Crippen LogP contribution is -2.44. The molecule has 4 rings (SSSR count). The average molecular weight is 712 g/mol. The van der Waals surface area contributed by atoms with Crippen LogP contribution in [0.3, 0.4) is 0 Å². The van der Waals surface area contributed by atoms with Gasteiger partial charge in [-0.05, 0) is 84.7 Å². The molecule has 52 heavy (non-hydrogen) atoms. The second-order valence-corrected chi connectivity index (χ2v) is 14.8. The first-order chi connectivity index (χ1) is 24.6. The van der Waals surface area contributed by atoms with Crippen molar-refractivity contribution in [1.82, 2.24) is 4.90 Å². The quantitative estimate of drug-likeness (QED) is 0.0594. The first kappa shape index (κ1) is 40.1. The minimum absolute atomic E-state index is 0.158. The summed E-state index contributed by atoms with van der Waals surface area (Å²) >= 11 is 0. The molecule has 0 aliphatic carbocycles. The van der Waals surface area contributed by atoms with Crippen LogP contribution in [0.1, 0.15) is 89.8 Å². The summed E-state index contributed by atoms with van der Waals surface area (Å²) in [4.78, 5) is 46.4. The van der Waals surface area contributed by atoms with Crippen molar-refractivity contribution in [2.75, 3.05) is 33.4 Å². The first-order valence-electron chi connectivity index (χ1n) is 17.9. The number of likely N-dealkylation sites (N-methyl/N-ethyl adjacent to an activating group) is 1. The summed E-state index contributed by atoms with van der Waals surface area (Å²) in [7, 11) is 2.01. The molecule has 278 valence electrons. The van der Waals surface area contributed by atoms with Crippen LogP contribution in [0.15, 0.2) is 101 Å². The van der Waals surface area contributed by atoms with Gasteiger partial charge in [-0.2, -0.15) is 0 Å². The number of esters is 2. The number of nitrogens with zero attached hydrogens (tertiary/aromatic N) is 3. The van der Waals surface area contributed by atoms with Gasteiger partial charge >= 0.3 is 11.9 Å². The topological polar surface area (TPSA) is 121 Å². The van der Waals surface area contributed by atoms with Gasteiger partial charge in [0.15, 0.2) is 0 Å². The summed E-state index contributed by atoms with van der Waals surface area (Å²) in [5.74, 6) is -3.01. The third-order valence-corrected chi connectivity index (χ3v) is 9.14. The van der Waals surface area contributed by atoms with Crippen LogP contribution in [0.2, 0.25) is 0 Å². The Balaban J connectivity index is 1.58. The standard InChI is InChI=1S/C42H53N3O7/c1-9-25-50-28-42(6,7)52-40(47)37-30(3)43-29(2)36(38(37)33-21-16-22-34(26-33)45(48)49)39(46)51-41(4,5)27-44(8)24-23-35(31-17-12-10-13-18-31)32-19-14-11-15-20-32/h10-22,26,35,37-38H,9,23-25,27-28H2,1-8H3. The predicted molar refractivity (Wildman–Crippen MR) is 203 cm³/mol. The molecule has 0 spiro atoms. The normalized spacial score (nSPS) is 16.5. The lowest BCUT2D eigenvalue weighted by atomic mass is 9.75. The van der Waals surface area contributed by atoms with E-state index >= 15 is 0 Å². The van der Waals surface area contributed by atoms with Crippen LogP contribution in [0.5, 0.6) is 0 Å². The molecular weight excluding hydrogens is 658 g/mol. The SMILES string of the molecule is CCCOCC(C)(C)OC(=O)C1C(C)=NC(C)=C(C(=O)OC(C)(C)CN(C)CCC(c2ccccc2)c2ccccc2)C1c1cccc([N+](=O)[O-])c1. The number of rotatable bonds is 17. The monoisotopic (exact) mass is 711 g/mol. The lowest BCUT2D eigenvalue weighted by Gasteiger charge is -2.36. The van der Waals surface area contributed by atoms with E-state index in [0.29, 0.717) is 30.1 Å². The lowest BCUT2D eigenvalue weighted by molar-refractivity contribution is -0.384. The highest BCUT2D eigenvalue weighted by Gasteiger charge is 2.45. The fourth-order valence-electron chi connectivity index (χ4n) is 6.94. The first-order valence-corrected chi connectivity index (χ1v) is 17.9. The molecule has 1 aliphatic rings. The number of nitro groups is 1. The molecule has 1 aliphatic heterocycles. The van der Waals surface area contributed by atoms with E-state index in [0.717, 1.165) is 19.4 Å². The summed E-state index contributed by atoms with van der Waals surface area (Å²) in [5, 5.41) is 11.8. The van der Waals surface area contributed by atoms with Crippen LogP contribution in [0.4, 0.5) is 5.69 Å². The van der Waals surface area contributed by atoms with Crippen LogP contribution in [-0.4, -0.2) is 72.0 Å². The number of non-ortho nitro benzene ring substituents is 1. The fraction of sp³-hybridized carbons (Fsp3) is 0.452. The molecule has 3 aromatic rings. The Morgan fingerprint density at radius 1 is 0.904 bits per heavy atom. The van der Waals surface area contributed by atoms with E-state index in [-0.39, 0.29) is 23.8 Å². The number of nitro benzene ring substituents is 1. The van der Waals surface area contributed by atoms with Gasteiger partial charge in [0.1, 0.15) is 17.1 Å². The second kappa shape index (κ2) is 17.7. The van der Waals surface area contributed by atoms with E-state index < -0.39 is 39.9 Å². The van der Waals surface area contributed by atoms with Gasteiger partial charge < -0.3 is 19.1 Å². The van der Waals surface area contributed by atoms with E-state index in [1.807, 2.05) is 40.0 Å². The highest BCUT2D eigenvalue weighted by atomic mass is 16.6. The number of benzene rings is 3. The van der Waals surface area contributed by atoms with E-state index in [1.54, 1.807) is 39.8 Å². The van der Waals surface area contributed by atoms with Gasteiger partial charge in [0.2, 0.25) is 0 Å². The molecule has 1 heterocycles. The number of aliphatic imine (C=N–C) groups is 1. The van der Waals surface area contributed by atoms with Crippen molar-refractivity contribution in [3.05, 3.63) is 123 Å². The van der Waals surface area contributed by atoms with Gasteiger partial charge in [0, 0.05) is 48.5 Å². The number of hydrogen-bond donors (Lipinski definition) is 0. The molecule has 0 saturated carbocycles. The maximum Gasteiger partial charge on any atom is 0.337 e. The Labute approximate surface area is 308 Å². The maximum atomic E-state index is 14.3. The van der Waals surface area contributed by atoms with Crippen molar-refractivity contribution in [3.63, 3.8) is 0 Å². The number of hydrogen-bond acceptors (Lipinski definition) is 9. The van der Waals surface area contributed by atoms with Crippen molar-refractivity contribution < 1.29 is 28.7 Å². The molecule has 10 heteroatoms. The van der Waals surface area contributed by atoms with E-state index in [2.05, 4.69) is 58.4 Å². The molecule has 10 nitrogen and oxygen atoms in total. The Morgan fingerprint density at radius 3 is 2.10 bits per heavy atom. The Kier molecular flexibility index (Phi) is 13.7. The van der Waals surface area contributed by atoms with Crippen LogP contribution < -0.4 is 0 Å². The summed E-state index contributed by atoms with van der Waals surface area (Å²) in [6.07, 6.45) is 1.67. The van der Waals surface area contributed by atoms with Crippen molar-refractivity contribution in [2.45, 2.75) is 84.3 Å². The van der Waals surface area contributed by atoms with Crippen molar-refractivity contribution in [1.29, 1.82) is 0 Å². The maximum absolute atomic E-state index is 14.3. The average Bonchev–Trinajstić information content (AvgIpc) is 3.08. The minimum atomic E-state index is -1.03. The van der Waals surface area contributed by atoms with Crippen LogP contribution in [0.25, 0.3) is 0 Å². The molecule has 0 aromatic heterocycles. The summed E-state index contributed by atoms with van der Waals surface area (Å²) < 4.78 is 17.9. The third-order valence-electron chi connectivity index (χ3n) is 9.14. The molecule has 0 bridgehead atoms. The predicted octanol–water partition coefficient (Wildman–Crippen LogP) is 8.27. The molecule has 0 saturated heterocycles. The highest BCUT2D eigenvalue weighted by Crippen LogP contribution is 2.42. The van der Waals surface area contributed by atoms with Crippen molar-refractivity contribution >= 4 is 23.3 Å². The molecule has 2 atom stereocenters. The zero-order valence-corrected chi connectivity index (χ0v) is 31.8. The van der Waals surface area contributed by atoms with Crippen molar-refractivity contribution in [3.8, 4) is 0 Å². The molecule has 0 fully saturated rings. The Bertz CT molecular complexity index is 1710. The van der Waals surface area contributed by atoms with E-state index in [1.165, 1.54) is 23.3 Å². The third kappa shape index (κ3) is 10.7. The smallest absolute Gasteiger partial charge is 0.337 e. The number of ether oxygens (including phenoxy) is 3. The van der Waals surface area contributed by atoms with Gasteiger partial charge in [-0.15, -0.1) is 0 Å². The van der Waals surface area contributed by atoms with Crippen LogP contribution in [-0.2, 0) is 23.8 Å². The highest BCUT2D eigenvalue weighted by molar-refractivity contribution is 6.07. The van der Waals surface area contributed by atoms with Crippen LogP contribution in [0, 0.1) is 16.0 Å². The zero-order valence-electron chi connectivity index (χ0n) is 31.8. The van der Waals surface area contributed by atoms with E-state index in [4.69, 9.17) is 14.2 Å². The molecular formula is C42H53N3O7. The minimum Gasteiger partial charge on any atom is -0.457 e. The van der Waals surface area contributed by atoms with Crippen LogP contribution >= 0.6 is 0 Å². The zero-order chi connectivity index (χ0) is 38.1.